The van der Waals surface area contributed by atoms with Crippen LogP contribution in [0.4, 0.5) is 0 Å². The summed E-state index contributed by atoms with van der Waals surface area (Å²) in [5.41, 5.74) is 2.14. The minimum absolute atomic E-state index is 0.200. The van der Waals surface area contributed by atoms with Crippen LogP contribution in [0, 0.1) is 0 Å². The van der Waals surface area contributed by atoms with Crippen molar-refractivity contribution in [2.75, 3.05) is 26.4 Å². The Kier molecular flexibility index (Phi) is 6.33. The van der Waals surface area contributed by atoms with E-state index in [1.54, 1.807) is 7.05 Å². The third-order valence-electron chi connectivity index (χ3n) is 3.78. The third kappa shape index (κ3) is 5.46. The van der Waals surface area contributed by atoms with Gasteiger partial charge in [-0.1, -0.05) is 12.1 Å². The molecule has 0 aliphatic rings. The molecule has 1 aromatic heterocycles. The molecular weight excluding hydrogens is 306 g/mol. The van der Waals surface area contributed by atoms with E-state index in [9.17, 15) is 0 Å². The van der Waals surface area contributed by atoms with Gasteiger partial charge in [-0.15, -0.1) is 0 Å². The lowest BCUT2D eigenvalue weighted by atomic mass is 10.2. The molecule has 0 spiro atoms. The topological polar surface area (TPSA) is 65.1 Å². The molecule has 6 heteroatoms. The maximum absolute atomic E-state index is 4.60. The molecule has 1 aromatic carbocycles. The van der Waals surface area contributed by atoms with Crippen LogP contribution >= 0.6 is 11.8 Å². The zero-order valence-electron chi connectivity index (χ0n) is 14.4. The van der Waals surface area contributed by atoms with E-state index < -0.39 is 0 Å². The molecule has 126 valence electrons. The number of hydrogen-bond donors (Lipinski definition) is 3. The first-order valence-corrected chi connectivity index (χ1v) is 9.20. The van der Waals surface area contributed by atoms with Crippen LogP contribution in [-0.4, -0.2) is 47.1 Å². The van der Waals surface area contributed by atoms with Gasteiger partial charge >= 0.3 is 0 Å². The Morgan fingerprint density at radius 2 is 2.09 bits per heavy atom. The minimum Gasteiger partial charge on any atom is -0.356 e. The Morgan fingerprint density at radius 3 is 2.78 bits per heavy atom. The van der Waals surface area contributed by atoms with Crippen molar-refractivity contribution >= 4 is 28.8 Å². The lowest BCUT2D eigenvalue weighted by Gasteiger charge is -2.23. The third-order valence-corrected chi connectivity index (χ3v) is 5.03. The first-order chi connectivity index (χ1) is 11.0. The number of aryl methyl sites for hydroxylation is 1. The number of guanidine groups is 1. The van der Waals surface area contributed by atoms with Gasteiger partial charge < -0.3 is 15.6 Å². The van der Waals surface area contributed by atoms with Crippen LogP contribution in [0.15, 0.2) is 29.3 Å². The van der Waals surface area contributed by atoms with Gasteiger partial charge in [0.25, 0.3) is 0 Å². The van der Waals surface area contributed by atoms with Crippen molar-refractivity contribution < 1.29 is 0 Å². The van der Waals surface area contributed by atoms with E-state index in [2.05, 4.69) is 51.8 Å². The number of thioether (sulfide) groups is 1. The van der Waals surface area contributed by atoms with Gasteiger partial charge in [0, 0.05) is 31.3 Å². The molecule has 0 amide bonds. The summed E-state index contributed by atoms with van der Waals surface area (Å²) in [6.07, 6.45) is 4.06. The van der Waals surface area contributed by atoms with Crippen molar-refractivity contribution in [3.63, 3.8) is 0 Å². The van der Waals surface area contributed by atoms with Crippen molar-refractivity contribution in [2.24, 2.45) is 4.99 Å². The fourth-order valence-corrected chi connectivity index (χ4v) is 2.39. The van der Waals surface area contributed by atoms with Crippen molar-refractivity contribution in [2.45, 2.75) is 31.4 Å². The number of benzene rings is 1. The second-order valence-electron chi connectivity index (χ2n) is 6.12. The number of aromatic nitrogens is 2. The average molecular weight is 334 g/mol. The number of nitrogens with zero attached hydrogens (tertiary/aromatic N) is 2. The van der Waals surface area contributed by atoms with E-state index in [0.29, 0.717) is 0 Å². The number of aromatic amines is 1. The minimum atomic E-state index is 0.200. The normalized spacial score (nSPS) is 12.6. The molecule has 0 atom stereocenters. The van der Waals surface area contributed by atoms with E-state index in [0.717, 1.165) is 48.7 Å². The van der Waals surface area contributed by atoms with Crippen LogP contribution in [0.1, 0.15) is 26.1 Å². The molecule has 2 rings (SSSR count). The summed E-state index contributed by atoms with van der Waals surface area (Å²) >= 11 is 1.85. The molecule has 0 unspecified atom stereocenters. The van der Waals surface area contributed by atoms with E-state index >= 15 is 0 Å². The molecule has 0 saturated heterocycles. The van der Waals surface area contributed by atoms with Gasteiger partial charge in [-0.3, -0.25) is 4.99 Å². The average Bonchev–Trinajstić information content (AvgIpc) is 2.97. The Morgan fingerprint density at radius 1 is 1.30 bits per heavy atom. The maximum atomic E-state index is 4.60. The molecule has 0 fully saturated rings. The number of nitrogens with one attached hydrogen (secondary N) is 3. The second kappa shape index (κ2) is 8.24. The van der Waals surface area contributed by atoms with Gasteiger partial charge in [0.05, 0.1) is 11.0 Å². The van der Waals surface area contributed by atoms with Gasteiger partial charge in [-0.05, 0) is 38.7 Å². The maximum Gasteiger partial charge on any atom is 0.191 e. The Balaban J connectivity index is 1.73. The Hall–Kier alpha value is -1.69. The smallest absolute Gasteiger partial charge is 0.191 e. The van der Waals surface area contributed by atoms with Gasteiger partial charge in [0.1, 0.15) is 5.82 Å². The van der Waals surface area contributed by atoms with Gasteiger partial charge in [0.15, 0.2) is 5.96 Å². The molecule has 3 N–H and O–H groups in total. The monoisotopic (exact) mass is 333 g/mol. The quantitative estimate of drug-likeness (QED) is 0.414. The number of aliphatic imine (C=N–C) groups is 1. The van der Waals surface area contributed by atoms with E-state index in [4.69, 9.17) is 0 Å². The summed E-state index contributed by atoms with van der Waals surface area (Å²) in [4.78, 5) is 12.2. The molecule has 2 aromatic rings. The van der Waals surface area contributed by atoms with E-state index in [1.807, 2.05) is 30.0 Å². The first kappa shape index (κ1) is 17.7. The SMILES string of the molecule is CN=C(NCCCc1nc2ccccc2[nH]1)NCC(C)(C)SC. The van der Waals surface area contributed by atoms with Crippen LogP contribution in [0.3, 0.4) is 0 Å². The number of H-pyrrole nitrogens is 1. The summed E-state index contributed by atoms with van der Waals surface area (Å²) in [7, 11) is 1.81. The molecule has 0 aliphatic heterocycles. The summed E-state index contributed by atoms with van der Waals surface area (Å²) in [6.45, 7) is 6.20. The first-order valence-electron chi connectivity index (χ1n) is 7.97. The molecule has 23 heavy (non-hydrogen) atoms. The van der Waals surface area contributed by atoms with Gasteiger partial charge in [-0.25, -0.2) is 4.98 Å². The van der Waals surface area contributed by atoms with Crippen molar-refractivity contribution in [1.82, 2.24) is 20.6 Å². The summed E-state index contributed by atoms with van der Waals surface area (Å²) < 4.78 is 0.200. The highest BCUT2D eigenvalue weighted by molar-refractivity contribution is 7.99. The van der Waals surface area contributed by atoms with Gasteiger partial charge in [0.2, 0.25) is 0 Å². The number of hydrogen-bond acceptors (Lipinski definition) is 3. The Labute approximate surface area is 142 Å². The van der Waals surface area contributed by atoms with Crippen molar-refractivity contribution in [3.05, 3.63) is 30.1 Å². The van der Waals surface area contributed by atoms with Crippen LogP contribution < -0.4 is 10.6 Å². The van der Waals surface area contributed by atoms with Crippen molar-refractivity contribution in [1.29, 1.82) is 0 Å². The molecule has 0 saturated carbocycles. The number of fused-ring (bicyclic) bond motifs is 1. The highest BCUT2D eigenvalue weighted by Crippen LogP contribution is 2.19. The Bertz CT molecular complexity index is 614. The van der Waals surface area contributed by atoms with Crippen LogP contribution in [-0.2, 0) is 6.42 Å². The lowest BCUT2D eigenvalue weighted by Crippen LogP contribution is -2.43. The molecule has 0 aliphatic carbocycles. The summed E-state index contributed by atoms with van der Waals surface area (Å²) in [5.74, 6) is 1.90. The number of rotatable bonds is 7. The summed E-state index contributed by atoms with van der Waals surface area (Å²) in [5, 5.41) is 6.73. The predicted octanol–water partition coefficient (Wildman–Crippen LogP) is 2.80. The van der Waals surface area contributed by atoms with Crippen LogP contribution in [0.2, 0.25) is 0 Å². The van der Waals surface area contributed by atoms with Crippen LogP contribution in [0.25, 0.3) is 11.0 Å². The largest absolute Gasteiger partial charge is 0.356 e. The predicted molar refractivity (Wildman–Crippen MR) is 101 cm³/mol. The number of imidazole rings is 1. The second-order valence-corrected chi connectivity index (χ2v) is 7.63. The van der Waals surface area contributed by atoms with Gasteiger partial charge in [-0.2, -0.15) is 11.8 Å². The number of para-hydroxylation sites is 2. The van der Waals surface area contributed by atoms with Crippen LogP contribution in [0.5, 0.6) is 0 Å². The highest BCUT2D eigenvalue weighted by atomic mass is 32.2. The molecular formula is C17H27N5S. The fourth-order valence-electron chi connectivity index (χ4n) is 2.18. The van der Waals surface area contributed by atoms with E-state index in [-0.39, 0.29) is 4.75 Å². The fraction of sp³-hybridized carbons (Fsp3) is 0.529. The van der Waals surface area contributed by atoms with Crippen molar-refractivity contribution in [3.8, 4) is 0 Å². The highest BCUT2D eigenvalue weighted by Gasteiger charge is 2.15. The lowest BCUT2D eigenvalue weighted by molar-refractivity contribution is 0.657. The molecule has 0 radical (unpaired) electrons. The molecule has 1 heterocycles. The zero-order chi connectivity index (χ0) is 16.7. The van der Waals surface area contributed by atoms with E-state index in [1.165, 1.54) is 0 Å². The summed E-state index contributed by atoms with van der Waals surface area (Å²) in [6, 6.07) is 8.13. The molecule has 0 bridgehead atoms. The standard InChI is InChI=1S/C17H27N5S/c1-17(2,23-4)12-20-16(18-3)19-11-7-10-15-21-13-8-5-6-9-14(13)22-15/h5-6,8-9H,7,10-12H2,1-4H3,(H,21,22)(H2,18,19,20). The zero-order valence-corrected chi connectivity index (χ0v) is 15.3. The molecule has 5 nitrogen and oxygen atoms in total.